The van der Waals surface area contributed by atoms with Gasteiger partial charge in [0.05, 0.1) is 28.1 Å². The van der Waals surface area contributed by atoms with Gasteiger partial charge in [0.1, 0.15) is 0 Å². The van der Waals surface area contributed by atoms with Crippen molar-refractivity contribution in [2.24, 2.45) is 0 Å². The monoisotopic (exact) mass is 716 g/mol. The third kappa shape index (κ3) is 5.90. The van der Waals surface area contributed by atoms with Gasteiger partial charge in [-0.1, -0.05) is 158 Å². The van der Waals surface area contributed by atoms with E-state index in [4.69, 9.17) is 9.97 Å². The molecule has 0 fully saturated rings. The number of benzene rings is 8. The van der Waals surface area contributed by atoms with Crippen molar-refractivity contribution in [3.63, 3.8) is 0 Å². The predicted octanol–water partition coefficient (Wildman–Crippen LogP) is 13.8. The maximum absolute atomic E-state index is 5.08. The molecule has 0 saturated heterocycles. The van der Waals surface area contributed by atoms with Crippen LogP contribution < -0.4 is 5.32 Å². The Labute approximate surface area is 325 Å². The SMILES string of the molecule is C=Cc1ccc2ccc3c(c4ccccc4n3-c3ccc(-c4cccc(-c5nc(-c6ccccc6)cc(-c6ccccc6)n5)c4)cc3)c2c1Nc1ccccc1. The number of hydrogen-bond donors (Lipinski definition) is 1. The van der Waals surface area contributed by atoms with E-state index in [9.17, 15) is 0 Å². The molecule has 56 heavy (non-hydrogen) atoms. The van der Waals surface area contributed by atoms with Gasteiger partial charge in [0.15, 0.2) is 5.82 Å². The van der Waals surface area contributed by atoms with Crippen molar-refractivity contribution in [3.8, 4) is 50.7 Å². The zero-order chi connectivity index (χ0) is 37.4. The second kappa shape index (κ2) is 14.0. The highest BCUT2D eigenvalue weighted by molar-refractivity contribution is 6.25. The van der Waals surface area contributed by atoms with E-state index in [1.807, 2.05) is 48.5 Å². The first-order valence-electron chi connectivity index (χ1n) is 18.9. The first-order valence-corrected chi connectivity index (χ1v) is 18.9. The summed E-state index contributed by atoms with van der Waals surface area (Å²) in [6.07, 6.45) is 1.94. The average Bonchev–Trinajstić information content (AvgIpc) is 3.62. The number of rotatable bonds is 8. The van der Waals surface area contributed by atoms with Gasteiger partial charge in [-0.15, -0.1) is 0 Å². The minimum absolute atomic E-state index is 0.696. The Hall–Kier alpha value is -7.56. The first kappa shape index (κ1) is 33.0. The van der Waals surface area contributed by atoms with Crippen LogP contribution in [0.2, 0.25) is 0 Å². The van der Waals surface area contributed by atoms with Crippen molar-refractivity contribution in [3.05, 3.63) is 206 Å². The molecular weight excluding hydrogens is 681 g/mol. The van der Waals surface area contributed by atoms with Gasteiger partial charge in [-0.25, -0.2) is 9.97 Å². The van der Waals surface area contributed by atoms with Crippen molar-refractivity contribution in [1.29, 1.82) is 0 Å². The van der Waals surface area contributed by atoms with Crippen LogP contribution in [0.25, 0.3) is 89.4 Å². The Balaban J connectivity index is 1.07. The van der Waals surface area contributed by atoms with Crippen LogP contribution in [0, 0.1) is 0 Å². The summed E-state index contributed by atoms with van der Waals surface area (Å²) in [5.74, 6) is 0.696. The number of hydrogen-bond acceptors (Lipinski definition) is 3. The minimum Gasteiger partial charge on any atom is -0.355 e. The third-order valence-corrected chi connectivity index (χ3v) is 10.6. The van der Waals surface area contributed by atoms with Crippen LogP contribution in [0.15, 0.2) is 201 Å². The van der Waals surface area contributed by atoms with E-state index in [2.05, 4.69) is 168 Å². The number of nitrogens with zero attached hydrogens (tertiary/aromatic N) is 3. The van der Waals surface area contributed by atoms with E-state index in [1.165, 1.54) is 21.5 Å². The molecule has 0 saturated carbocycles. The lowest BCUT2D eigenvalue weighted by atomic mass is 9.98. The van der Waals surface area contributed by atoms with Crippen LogP contribution in [-0.4, -0.2) is 14.5 Å². The molecule has 0 aliphatic carbocycles. The lowest BCUT2D eigenvalue weighted by molar-refractivity contribution is 1.18. The van der Waals surface area contributed by atoms with E-state index in [0.717, 1.165) is 72.9 Å². The van der Waals surface area contributed by atoms with Gasteiger partial charge in [0, 0.05) is 44.2 Å². The van der Waals surface area contributed by atoms with E-state index < -0.39 is 0 Å². The van der Waals surface area contributed by atoms with Gasteiger partial charge >= 0.3 is 0 Å². The Morgan fingerprint density at radius 2 is 1.07 bits per heavy atom. The fourth-order valence-electron chi connectivity index (χ4n) is 7.87. The summed E-state index contributed by atoms with van der Waals surface area (Å²) >= 11 is 0. The van der Waals surface area contributed by atoms with Gasteiger partial charge in [0.2, 0.25) is 0 Å². The minimum atomic E-state index is 0.696. The molecule has 2 heterocycles. The second-order valence-electron chi connectivity index (χ2n) is 14.0. The standard InChI is InChI=1S/C52H36N4/c1-2-35-25-26-39-29-32-48-50(49(39)51(35)53-42-21-10-5-11-22-42)44-23-12-13-24-47(44)56(48)43-30-27-36(28-31-43)40-19-14-20-41(33-40)52-54-45(37-15-6-3-7-16-37)34-46(55-52)38-17-8-4-9-18-38/h2-34,53H,1H2. The summed E-state index contributed by atoms with van der Waals surface area (Å²) < 4.78 is 2.38. The quantitative estimate of drug-likeness (QED) is 0.170. The summed E-state index contributed by atoms with van der Waals surface area (Å²) in [4.78, 5) is 10.2. The largest absolute Gasteiger partial charge is 0.355 e. The highest BCUT2D eigenvalue weighted by atomic mass is 15.0. The summed E-state index contributed by atoms with van der Waals surface area (Å²) in [5.41, 5.74) is 13.7. The summed E-state index contributed by atoms with van der Waals surface area (Å²) in [6.45, 7) is 4.17. The molecule has 0 aliphatic heterocycles. The van der Waals surface area contributed by atoms with Gasteiger partial charge in [-0.05, 0) is 70.6 Å². The number of para-hydroxylation sites is 2. The predicted molar refractivity (Wildman–Crippen MR) is 235 cm³/mol. The highest BCUT2D eigenvalue weighted by Gasteiger charge is 2.19. The van der Waals surface area contributed by atoms with Crippen molar-refractivity contribution < 1.29 is 0 Å². The van der Waals surface area contributed by atoms with Crippen LogP contribution in [0.1, 0.15) is 5.56 Å². The van der Waals surface area contributed by atoms with E-state index in [0.29, 0.717) is 5.82 Å². The Morgan fingerprint density at radius 1 is 0.464 bits per heavy atom. The fraction of sp³-hybridized carbons (Fsp3) is 0. The van der Waals surface area contributed by atoms with Gasteiger partial charge < -0.3 is 9.88 Å². The van der Waals surface area contributed by atoms with Crippen LogP contribution in [-0.2, 0) is 0 Å². The molecule has 4 heteroatoms. The lowest BCUT2D eigenvalue weighted by Gasteiger charge is -2.15. The molecular formula is C52H36N4. The average molecular weight is 717 g/mol. The molecule has 8 aromatic carbocycles. The van der Waals surface area contributed by atoms with Crippen molar-refractivity contribution >= 4 is 50.0 Å². The molecule has 264 valence electrons. The zero-order valence-electron chi connectivity index (χ0n) is 30.6. The van der Waals surface area contributed by atoms with Crippen molar-refractivity contribution in [1.82, 2.24) is 14.5 Å². The van der Waals surface area contributed by atoms with E-state index in [1.54, 1.807) is 0 Å². The normalized spacial score (nSPS) is 11.3. The van der Waals surface area contributed by atoms with E-state index in [-0.39, 0.29) is 0 Å². The number of fused-ring (bicyclic) bond motifs is 5. The zero-order valence-corrected chi connectivity index (χ0v) is 30.6. The van der Waals surface area contributed by atoms with Crippen LogP contribution in [0.3, 0.4) is 0 Å². The molecule has 0 aliphatic rings. The number of aromatic nitrogens is 3. The van der Waals surface area contributed by atoms with Crippen molar-refractivity contribution in [2.45, 2.75) is 0 Å². The second-order valence-corrected chi connectivity index (χ2v) is 14.0. The molecule has 0 bridgehead atoms. The highest BCUT2D eigenvalue weighted by Crippen LogP contribution is 2.42. The summed E-state index contributed by atoms with van der Waals surface area (Å²) in [6, 6.07) is 68.0. The molecule has 0 radical (unpaired) electrons. The fourth-order valence-corrected chi connectivity index (χ4v) is 7.87. The summed E-state index contributed by atoms with van der Waals surface area (Å²) in [7, 11) is 0. The molecule has 0 spiro atoms. The molecule has 10 rings (SSSR count). The van der Waals surface area contributed by atoms with Crippen LogP contribution >= 0.6 is 0 Å². The molecule has 0 unspecified atom stereocenters. The van der Waals surface area contributed by atoms with Crippen LogP contribution in [0.4, 0.5) is 11.4 Å². The smallest absolute Gasteiger partial charge is 0.160 e. The molecule has 4 nitrogen and oxygen atoms in total. The molecule has 10 aromatic rings. The molecule has 0 atom stereocenters. The van der Waals surface area contributed by atoms with E-state index >= 15 is 0 Å². The Kier molecular flexibility index (Phi) is 8.27. The van der Waals surface area contributed by atoms with Crippen LogP contribution in [0.5, 0.6) is 0 Å². The number of anilines is 2. The molecule has 0 amide bonds. The lowest BCUT2D eigenvalue weighted by Crippen LogP contribution is -1.96. The third-order valence-electron chi connectivity index (χ3n) is 10.6. The maximum Gasteiger partial charge on any atom is 0.160 e. The Bertz CT molecular complexity index is 2980. The number of nitrogens with one attached hydrogen (secondary N) is 1. The molecule has 1 N–H and O–H groups in total. The Morgan fingerprint density at radius 3 is 1.77 bits per heavy atom. The topological polar surface area (TPSA) is 42.7 Å². The maximum atomic E-state index is 5.08. The first-order chi connectivity index (χ1) is 27.7. The van der Waals surface area contributed by atoms with Crippen molar-refractivity contribution in [2.75, 3.05) is 5.32 Å². The van der Waals surface area contributed by atoms with Gasteiger partial charge in [-0.3, -0.25) is 0 Å². The van der Waals surface area contributed by atoms with Gasteiger partial charge in [0.25, 0.3) is 0 Å². The van der Waals surface area contributed by atoms with Gasteiger partial charge in [-0.2, -0.15) is 0 Å². The summed E-state index contributed by atoms with van der Waals surface area (Å²) in [5, 5.41) is 8.52. The molecule has 2 aromatic heterocycles.